The van der Waals surface area contributed by atoms with Gasteiger partial charge in [0.15, 0.2) is 0 Å². The molecule has 1 aromatic rings. The van der Waals surface area contributed by atoms with Crippen molar-refractivity contribution in [3.05, 3.63) is 23.4 Å². The van der Waals surface area contributed by atoms with Crippen LogP contribution in [0.15, 0.2) is 12.1 Å². The Labute approximate surface area is 137 Å². The zero-order valence-electron chi connectivity index (χ0n) is 14.0. The van der Waals surface area contributed by atoms with Crippen LogP contribution in [-0.4, -0.2) is 66.2 Å². The van der Waals surface area contributed by atoms with Crippen molar-refractivity contribution in [1.82, 2.24) is 14.8 Å². The van der Waals surface area contributed by atoms with E-state index in [0.717, 1.165) is 63.5 Å². The molecule has 2 fully saturated rings. The molecule has 0 radical (unpaired) electrons. The molecule has 2 aliphatic heterocycles. The summed E-state index contributed by atoms with van der Waals surface area (Å²) in [6.07, 6.45) is 2.15. The van der Waals surface area contributed by atoms with E-state index in [1.807, 2.05) is 30.9 Å². The van der Waals surface area contributed by atoms with Crippen molar-refractivity contribution in [2.45, 2.75) is 32.7 Å². The summed E-state index contributed by atoms with van der Waals surface area (Å²) < 4.78 is 5.40. The lowest BCUT2D eigenvalue weighted by atomic mass is 10.2. The fourth-order valence-electron chi connectivity index (χ4n) is 3.46. The Morgan fingerprint density at radius 2 is 2.09 bits per heavy atom. The minimum Gasteiger partial charge on any atom is -0.379 e. The molecule has 2 saturated heterocycles. The maximum absolute atomic E-state index is 12.6. The molecule has 1 aromatic heterocycles. The lowest BCUT2D eigenvalue weighted by Gasteiger charge is -2.32. The Morgan fingerprint density at radius 3 is 2.83 bits per heavy atom. The third-order valence-corrected chi connectivity index (χ3v) is 4.54. The van der Waals surface area contributed by atoms with Crippen LogP contribution in [0, 0.1) is 13.8 Å². The second kappa shape index (κ2) is 7.27. The molecule has 0 unspecified atom stereocenters. The number of morpholine rings is 1. The predicted octanol–water partition coefficient (Wildman–Crippen LogP) is 2.03. The van der Waals surface area contributed by atoms with Crippen LogP contribution in [0.25, 0.3) is 0 Å². The number of carbonyl (C=O) groups excluding carboxylic acids is 1. The molecule has 1 atom stereocenters. The van der Waals surface area contributed by atoms with Gasteiger partial charge in [-0.2, -0.15) is 0 Å². The van der Waals surface area contributed by atoms with Gasteiger partial charge in [-0.25, -0.2) is 9.78 Å². The lowest BCUT2D eigenvalue weighted by Crippen LogP contribution is -2.47. The largest absolute Gasteiger partial charge is 0.379 e. The van der Waals surface area contributed by atoms with Gasteiger partial charge in [-0.3, -0.25) is 10.2 Å². The topological polar surface area (TPSA) is 57.7 Å². The van der Waals surface area contributed by atoms with Gasteiger partial charge in [-0.05, 0) is 44.4 Å². The molecule has 1 N–H and O–H groups in total. The Morgan fingerprint density at radius 1 is 1.30 bits per heavy atom. The Balaban J connectivity index is 1.60. The van der Waals surface area contributed by atoms with E-state index in [4.69, 9.17) is 4.74 Å². The van der Waals surface area contributed by atoms with Crippen LogP contribution in [-0.2, 0) is 4.74 Å². The fraction of sp³-hybridized carbons (Fsp3) is 0.647. The van der Waals surface area contributed by atoms with Crippen LogP contribution in [0.4, 0.5) is 10.6 Å². The highest BCUT2D eigenvalue weighted by molar-refractivity contribution is 5.88. The van der Waals surface area contributed by atoms with Crippen LogP contribution in [0.5, 0.6) is 0 Å². The van der Waals surface area contributed by atoms with Gasteiger partial charge in [0.2, 0.25) is 0 Å². The van der Waals surface area contributed by atoms with E-state index >= 15 is 0 Å². The molecule has 0 spiro atoms. The number of amides is 2. The first kappa shape index (κ1) is 16.2. The number of ether oxygens (including phenoxy) is 1. The number of carbonyl (C=O) groups is 1. The molecule has 0 aliphatic carbocycles. The number of rotatable bonds is 3. The van der Waals surface area contributed by atoms with Crippen LogP contribution >= 0.6 is 0 Å². The standard InChI is InChI=1S/C17H26N4O2/c1-13-10-14(2)18-16(11-13)19-17(22)21-5-3-4-15(21)12-20-6-8-23-9-7-20/h10-11,15H,3-9,12H2,1-2H3,(H,18,19,22)/t15-/m1/s1. The van der Waals surface area contributed by atoms with E-state index in [0.29, 0.717) is 11.9 Å². The minimum atomic E-state index is -0.0294. The van der Waals surface area contributed by atoms with Gasteiger partial charge in [0, 0.05) is 37.9 Å². The van der Waals surface area contributed by atoms with Crippen LogP contribution < -0.4 is 5.32 Å². The van der Waals surface area contributed by atoms with E-state index in [2.05, 4.69) is 15.2 Å². The first-order valence-electron chi connectivity index (χ1n) is 8.45. The summed E-state index contributed by atoms with van der Waals surface area (Å²) in [5.74, 6) is 0.643. The molecule has 0 saturated carbocycles. The number of urea groups is 1. The van der Waals surface area contributed by atoms with Crippen molar-refractivity contribution >= 4 is 11.8 Å². The zero-order valence-corrected chi connectivity index (χ0v) is 14.0. The zero-order chi connectivity index (χ0) is 16.2. The van der Waals surface area contributed by atoms with Gasteiger partial charge in [-0.15, -0.1) is 0 Å². The average Bonchev–Trinajstić information content (AvgIpc) is 2.95. The number of aryl methyl sites for hydroxylation is 2. The van der Waals surface area contributed by atoms with Crippen LogP contribution in [0.1, 0.15) is 24.1 Å². The SMILES string of the molecule is Cc1cc(C)nc(NC(=O)N2CCC[C@@H]2CN2CCOCC2)c1. The van der Waals surface area contributed by atoms with E-state index in [9.17, 15) is 4.79 Å². The summed E-state index contributed by atoms with van der Waals surface area (Å²) >= 11 is 0. The first-order valence-corrected chi connectivity index (χ1v) is 8.45. The number of nitrogens with one attached hydrogen (secondary N) is 1. The molecule has 2 aliphatic rings. The second-order valence-corrected chi connectivity index (χ2v) is 6.50. The highest BCUT2D eigenvalue weighted by atomic mass is 16.5. The summed E-state index contributed by atoms with van der Waals surface area (Å²) in [6.45, 7) is 9.25. The van der Waals surface area contributed by atoms with Crippen molar-refractivity contribution in [3.8, 4) is 0 Å². The monoisotopic (exact) mass is 318 g/mol. The number of hydrogen-bond acceptors (Lipinski definition) is 4. The number of nitrogens with zero attached hydrogens (tertiary/aromatic N) is 3. The van der Waals surface area contributed by atoms with Crippen molar-refractivity contribution < 1.29 is 9.53 Å². The molecular weight excluding hydrogens is 292 g/mol. The van der Waals surface area contributed by atoms with E-state index in [1.165, 1.54) is 0 Å². The fourth-order valence-corrected chi connectivity index (χ4v) is 3.46. The van der Waals surface area contributed by atoms with Crippen LogP contribution in [0.3, 0.4) is 0 Å². The molecule has 6 heteroatoms. The first-order chi connectivity index (χ1) is 11.1. The van der Waals surface area contributed by atoms with Crippen molar-refractivity contribution in [1.29, 1.82) is 0 Å². The van der Waals surface area contributed by atoms with E-state index in [-0.39, 0.29) is 6.03 Å². The minimum absolute atomic E-state index is 0.0294. The third kappa shape index (κ3) is 4.20. The average molecular weight is 318 g/mol. The highest BCUT2D eigenvalue weighted by Crippen LogP contribution is 2.20. The van der Waals surface area contributed by atoms with Gasteiger partial charge in [0.25, 0.3) is 0 Å². The molecular formula is C17H26N4O2. The molecule has 0 aromatic carbocycles. The van der Waals surface area contributed by atoms with Crippen molar-refractivity contribution in [3.63, 3.8) is 0 Å². The number of anilines is 1. The lowest BCUT2D eigenvalue weighted by molar-refractivity contribution is 0.0296. The van der Waals surface area contributed by atoms with Gasteiger partial charge >= 0.3 is 6.03 Å². The van der Waals surface area contributed by atoms with E-state index < -0.39 is 0 Å². The third-order valence-electron chi connectivity index (χ3n) is 4.54. The number of hydrogen-bond donors (Lipinski definition) is 1. The maximum atomic E-state index is 12.6. The molecule has 6 nitrogen and oxygen atoms in total. The smallest absolute Gasteiger partial charge is 0.323 e. The van der Waals surface area contributed by atoms with Gasteiger partial charge in [0.1, 0.15) is 5.82 Å². The van der Waals surface area contributed by atoms with Crippen molar-refractivity contribution in [2.75, 3.05) is 44.7 Å². The number of likely N-dealkylation sites (tertiary alicyclic amines) is 1. The summed E-state index contributed by atoms with van der Waals surface area (Å²) in [6, 6.07) is 4.18. The Kier molecular flexibility index (Phi) is 5.13. The van der Waals surface area contributed by atoms with Crippen molar-refractivity contribution in [2.24, 2.45) is 0 Å². The molecule has 3 rings (SSSR count). The summed E-state index contributed by atoms with van der Waals surface area (Å²) in [4.78, 5) is 21.4. The Bertz CT molecular complexity index is 537. The Hall–Kier alpha value is -1.66. The normalized spacial score (nSPS) is 22.3. The number of aromatic nitrogens is 1. The molecule has 0 bridgehead atoms. The summed E-state index contributed by atoms with van der Waals surface area (Å²) in [5, 5.41) is 2.97. The quantitative estimate of drug-likeness (QED) is 0.926. The van der Waals surface area contributed by atoms with Gasteiger partial charge in [-0.1, -0.05) is 0 Å². The molecule has 126 valence electrons. The number of pyridine rings is 1. The maximum Gasteiger partial charge on any atom is 0.323 e. The highest BCUT2D eigenvalue weighted by Gasteiger charge is 2.30. The summed E-state index contributed by atoms with van der Waals surface area (Å²) in [5.41, 5.74) is 2.03. The molecule has 2 amide bonds. The summed E-state index contributed by atoms with van der Waals surface area (Å²) in [7, 11) is 0. The van der Waals surface area contributed by atoms with E-state index in [1.54, 1.807) is 0 Å². The second-order valence-electron chi connectivity index (χ2n) is 6.50. The molecule has 23 heavy (non-hydrogen) atoms. The molecule has 3 heterocycles. The van der Waals surface area contributed by atoms with Gasteiger partial charge < -0.3 is 9.64 Å². The predicted molar refractivity (Wildman–Crippen MR) is 89.7 cm³/mol. The van der Waals surface area contributed by atoms with Crippen LogP contribution in [0.2, 0.25) is 0 Å². The van der Waals surface area contributed by atoms with Gasteiger partial charge in [0.05, 0.1) is 13.2 Å².